The third kappa shape index (κ3) is 7.54. The predicted octanol–water partition coefficient (Wildman–Crippen LogP) is -5.02. The van der Waals surface area contributed by atoms with Gasteiger partial charge in [-0.25, -0.2) is 8.42 Å². The van der Waals surface area contributed by atoms with Crippen molar-refractivity contribution < 1.29 is 105 Å². The first-order valence-corrected chi connectivity index (χ1v) is 10.7. The zero-order valence-electron chi connectivity index (χ0n) is 14.5. The van der Waals surface area contributed by atoms with E-state index in [1.54, 1.807) is 0 Å². The molecule has 0 unspecified atom stereocenters. The second kappa shape index (κ2) is 12.9. The van der Waals surface area contributed by atoms with E-state index in [1.165, 1.54) is 6.07 Å². The number of sulfone groups is 1. The van der Waals surface area contributed by atoms with Crippen LogP contribution < -0.4 is 69.6 Å². The van der Waals surface area contributed by atoms with E-state index in [1.807, 2.05) is 0 Å². The van der Waals surface area contributed by atoms with Crippen molar-refractivity contribution in [2.75, 3.05) is 0 Å². The van der Waals surface area contributed by atoms with Crippen molar-refractivity contribution in [1.29, 1.82) is 0 Å². The van der Waals surface area contributed by atoms with Gasteiger partial charge in [0.1, 0.15) is 4.90 Å². The van der Waals surface area contributed by atoms with Gasteiger partial charge in [-0.3, -0.25) is 5.04 Å². The summed E-state index contributed by atoms with van der Waals surface area (Å²) in [5.41, 5.74) is 0. The normalized spacial score (nSPS) is 11.4. The Morgan fingerprint density at radius 2 is 1.41 bits per heavy atom. The van der Waals surface area contributed by atoms with Crippen molar-refractivity contribution >= 4 is 55.2 Å². The van der Waals surface area contributed by atoms with Crippen molar-refractivity contribution in [1.82, 2.24) is 0 Å². The Bertz CT molecular complexity index is 1050. The second-order valence-corrected chi connectivity index (χ2v) is 9.49. The Morgan fingerprint density at radius 3 is 1.97 bits per heavy atom. The predicted molar refractivity (Wildman–Crippen MR) is 85.7 cm³/mol. The maximum Gasteiger partial charge on any atom is 1.00 e. The zero-order chi connectivity index (χ0) is 20.2. The van der Waals surface area contributed by atoms with Crippen LogP contribution in [0, 0.1) is 0 Å². The van der Waals surface area contributed by atoms with Gasteiger partial charge in [0.2, 0.25) is 9.84 Å². The van der Waals surface area contributed by atoms with Gasteiger partial charge < -0.3 is 14.8 Å². The third-order valence-electron chi connectivity index (χ3n) is 2.96. The molecular weight excluding hydrogens is 517 g/mol. The molecule has 29 heavy (non-hydrogen) atoms. The molecule has 0 spiro atoms. The van der Waals surface area contributed by atoms with Crippen LogP contribution in [0.25, 0.3) is 0 Å². The average Bonchev–Trinajstić information content (AvgIpc) is 2.63. The Balaban J connectivity index is 0.00000392. The van der Waals surface area contributed by atoms with Gasteiger partial charge in [0.05, 0.1) is 36.8 Å². The third-order valence-corrected chi connectivity index (χ3v) is 7.29. The molecule has 2 aromatic carbocycles. The molecule has 0 aliphatic carbocycles. The summed E-state index contributed by atoms with van der Waals surface area (Å²) in [6.45, 7) is 0. The van der Waals surface area contributed by atoms with Gasteiger partial charge in [-0.05, 0) is 36.4 Å². The minimum atomic E-state index is -4.78. The van der Waals surface area contributed by atoms with Gasteiger partial charge in [-0.2, -0.15) is 8.42 Å². The van der Waals surface area contributed by atoms with Gasteiger partial charge in [-0.1, -0.05) is 28.2 Å². The van der Waals surface area contributed by atoms with Gasteiger partial charge in [-0.15, -0.1) is 4.33 Å². The molecule has 0 bridgehead atoms. The molecule has 0 atom stereocenters. The van der Waals surface area contributed by atoms with Crippen LogP contribution in [-0.4, -0.2) is 16.8 Å². The molecule has 0 fully saturated rings. The minimum Gasteiger partial charge on any atom is -0.707 e. The van der Waals surface area contributed by atoms with E-state index in [0.29, 0.717) is 18.1 Å². The molecule has 2 rings (SSSR count). The summed E-state index contributed by atoms with van der Waals surface area (Å²) in [5.74, 6) is 0. The van der Waals surface area contributed by atoms with Crippen LogP contribution in [0.1, 0.15) is 0 Å². The first-order chi connectivity index (χ1) is 12.6. The van der Waals surface area contributed by atoms with Gasteiger partial charge in [0.25, 0.3) is 10.1 Å². The summed E-state index contributed by atoms with van der Waals surface area (Å²) < 4.78 is 56.1. The van der Waals surface area contributed by atoms with E-state index in [0.717, 1.165) is 24.3 Å². The number of hydrogen-bond donors (Lipinski definition) is 0. The molecule has 0 aliphatic rings. The Kier molecular flexibility index (Phi) is 13.4. The van der Waals surface area contributed by atoms with E-state index < -0.39 is 34.8 Å². The van der Waals surface area contributed by atoms with E-state index in [-0.39, 0.29) is 73.9 Å². The van der Waals surface area contributed by atoms with Gasteiger partial charge in [0, 0.05) is 0 Å². The van der Waals surface area contributed by atoms with Gasteiger partial charge in [0.15, 0.2) is 0 Å². The molecule has 2 aromatic rings. The largest absolute Gasteiger partial charge is 1.00 e. The SMILES string of the molecule is O=S(=O)(O[O-])c1cc(S(=O)(=O)c2ccc(Cl)c(SOOO[O-])c2)ccc1Cl.[Na+].[Na+]. The van der Waals surface area contributed by atoms with Crippen LogP contribution in [-0.2, 0) is 38.7 Å². The summed E-state index contributed by atoms with van der Waals surface area (Å²) in [6, 6.07) is 6.12. The van der Waals surface area contributed by atoms with Crippen molar-refractivity contribution in [2.24, 2.45) is 0 Å². The van der Waals surface area contributed by atoms with E-state index in [4.69, 9.17) is 23.2 Å². The van der Waals surface area contributed by atoms with E-state index in [2.05, 4.69) is 18.7 Å². The molecule has 10 nitrogen and oxygen atoms in total. The van der Waals surface area contributed by atoms with Crippen molar-refractivity contribution in [3.8, 4) is 0 Å². The number of rotatable bonds is 8. The smallest absolute Gasteiger partial charge is 0.707 e. The van der Waals surface area contributed by atoms with E-state index >= 15 is 0 Å². The molecule has 0 aliphatic heterocycles. The summed E-state index contributed by atoms with van der Waals surface area (Å²) >= 11 is 12.0. The summed E-state index contributed by atoms with van der Waals surface area (Å²) in [4.78, 5) is -1.57. The Morgan fingerprint density at radius 1 is 0.862 bits per heavy atom. The van der Waals surface area contributed by atoms with Crippen molar-refractivity contribution in [2.45, 2.75) is 19.6 Å². The topological polar surface area (TPSA) is 151 Å². The van der Waals surface area contributed by atoms with Crippen LogP contribution in [0.3, 0.4) is 0 Å². The molecular formula is C12H6Cl2Na2O10S3. The molecule has 0 N–H and O–H groups in total. The Labute approximate surface area is 223 Å². The van der Waals surface area contributed by atoms with Crippen molar-refractivity contribution in [3.63, 3.8) is 0 Å². The van der Waals surface area contributed by atoms with Crippen LogP contribution >= 0.6 is 35.2 Å². The maximum absolute atomic E-state index is 12.8. The number of hydrogen-bond acceptors (Lipinski definition) is 11. The average molecular weight is 523 g/mol. The fourth-order valence-electron chi connectivity index (χ4n) is 1.79. The van der Waals surface area contributed by atoms with E-state index in [9.17, 15) is 27.4 Å². The van der Waals surface area contributed by atoms with Gasteiger partial charge >= 0.3 is 59.1 Å². The fraction of sp³-hybridized carbons (Fsp3) is 0. The Hall–Kier alpha value is 1.03. The maximum atomic E-state index is 12.8. The molecule has 148 valence electrons. The summed E-state index contributed by atoms with van der Waals surface area (Å²) in [6.07, 6.45) is 0. The first-order valence-electron chi connectivity index (χ1n) is 6.34. The molecule has 0 radical (unpaired) electrons. The molecule has 0 saturated carbocycles. The van der Waals surface area contributed by atoms with Crippen molar-refractivity contribution in [3.05, 3.63) is 46.4 Å². The fourth-order valence-corrected chi connectivity index (χ4v) is 4.96. The molecule has 0 saturated heterocycles. The monoisotopic (exact) mass is 522 g/mol. The zero-order valence-corrected chi connectivity index (χ0v) is 22.5. The molecule has 0 amide bonds. The quantitative estimate of drug-likeness (QED) is 0.108. The first kappa shape index (κ1) is 30.0. The number of halogens is 2. The summed E-state index contributed by atoms with van der Waals surface area (Å²) in [5, 5.41) is 26.4. The van der Waals surface area contributed by atoms with Crippen LogP contribution in [0.5, 0.6) is 0 Å². The van der Waals surface area contributed by atoms with Crippen LogP contribution in [0.4, 0.5) is 0 Å². The minimum absolute atomic E-state index is 0. The molecule has 0 heterocycles. The molecule has 0 aromatic heterocycles. The summed E-state index contributed by atoms with van der Waals surface area (Å²) in [7, 11) is -9.04. The van der Waals surface area contributed by atoms with Crippen LogP contribution in [0.15, 0.2) is 56.0 Å². The number of benzene rings is 2. The standard InChI is InChI=1S/C12H8Cl2O10S3.2Na/c13-9-3-1-7(5-11(9)25-24-23-21-15)26(17,18)8-2-4-10(14)12(6-8)27(19,20)22-16;;/h1-6,15-16H;;/q;2*+1/p-2. The van der Waals surface area contributed by atoms with Crippen LogP contribution in [0.2, 0.25) is 10.0 Å². The second-order valence-electron chi connectivity index (χ2n) is 4.50. The molecule has 17 heteroatoms.